The number of esters is 1. The quantitative estimate of drug-likeness (QED) is 0.451. The molecule has 0 aliphatic carbocycles. The number of carbonyl (C=O) groups is 3. The lowest BCUT2D eigenvalue weighted by Gasteiger charge is -2.17. The maximum atomic E-state index is 13.5. The highest BCUT2D eigenvalue weighted by Crippen LogP contribution is 2.26. The van der Waals surface area contributed by atoms with Crippen molar-refractivity contribution in [2.45, 2.75) is 6.04 Å². The molecule has 0 heterocycles. The van der Waals surface area contributed by atoms with Crippen LogP contribution in [0.5, 0.6) is 0 Å². The number of hydrogen-bond acceptors (Lipinski definition) is 4. The van der Waals surface area contributed by atoms with Crippen molar-refractivity contribution >= 4 is 17.8 Å². The van der Waals surface area contributed by atoms with Crippen LogP contribution in [0.4, 0.5) is 13.2 Å². The molecule has 1 unspecified atom stereocenters. The van der Waals surface area contributed by atoms with E-state index in [4.69, 9.17) is 10.5 Å². The third-order valence-corrected chi connectivity index (χ3v) is 4.71. The topological polar surface area (TPSA) is 98.5 Å². The van der Waals surface area contributed by atoms with Crippen LogP contribution in [0.1, 0.15) is 32.3 Å². The van der Waals surface area contributed by atoms with Gasteiger partial charge >= 0.3 is 5.97 Å². The van der Waals surface area contributed by atoms with Crippen molar-refractivity contribution in [1.29, 1.82) is 0 Å². The number of ether oxygens (including phenoxy) is 1. The average Bonchev–Trinajstić information content (AvgIpc) is 2.80. The zero-order chi connectivity index (χ0) is 23.4. The number of rotatable bonds is 6. The highest BCUT2D eigenvalue weighted by atomic mass is 19.2. The minimum atomic E-state index is -1.57. The molecule has 2 amide bonds. The summed E-state index contributed by atoms with van der Waals surface area (Å²) in [5, 5.41) is 2.53. The second-order valence-corrected chi connectivity index (χ2v) is 6.75. The van der Waals surface area contributed by atoms with Crippen LogP contribution in [-0.2, 0) is 9.53 Å². The molecule has 0 saturated carbocycles. The first-order valence-corrected chi connectivity index (χ1v) is 9.24. The van der Waals surface area contributed by atoms with Gasteiger partial charge in [-0.25, -0.2) is 18.0 Å². The van der Waals surface area contributed by atoms with Gasteiger partial charge in [0.1, 0.15) is 0 Å². The molecule has 6 nitrogen and oxygen atoms in total. The highest BCUT2D eigenvalue weighted by Gasteiger charge is 2.24. The molecule has 0 aliphatic heterocycles. The van der Waals surface area contributed by atoms with E-state index in [9.17, 15) is 27.6 Å². The van der Waals surface area contributed by atoms with Crippen molar-refractivity contribution in [1.82, 2.24) is 5.32 Å². The summed E-state index contributed by atoms with van der Waals surface area (Å²) >= 11 is 0. The lowest BCUT2D eigenvalue weighted by atomic mass is 10.00. The van der Waals surface area contributed by atoms with Gasteiger partial charge in [0.05, 0.1) is 7.11 Å². The summed E-state index contributed by atoms with van der Waals surface area (Å²) in [6, 6.07) is 11.9. The third kappa shape index (κ3) is 4.77. The lowest BCUT2D eigenvalue weighted by Crippen LogP contribution is -2.34. The molecular formula is C23H17F3N2O4. The zero-order valence-corrected chi connectivity index (χ0v) is 16.7. The predicted octanol–water partition coefficient (Wildman–Crippen LogP) is 3.51. The van der Waals surface area contributed by atoms with E-state index in [1.165, 1.54) is 48.5 Å². The number of amides is 2. The van der Waals surface area contributed by atoms with Crippen molar-refractivity contribution in [3.8, 4) is 11.1 Å². The first-order valence-electron chi connectivity index (χ1n) is 9.24. The van der Waals surface area contributed by atoms with E-state index < -0.39 is 41.3 Å². The van der Waals surface area contributed by atoms with Crippen LogP contribution in [0, 0.1) is 17.5 Å². The molecule has 164 valence electrons. The number of nitrogens with two attached hydrogens (primary N) is 1. The first-order chi connectivity index (χ1) is 15.2. The summed E-state index contributed by atoms with van der Waals surface area (Å²) in [5.74, 6) is -6.23. The van der Waals surface area contributed by atoms with Crippen LogP contribution in [0.2, 0.25) is 0 Å². The number of benzene rings is 3. The van der Waals surface area contributed by atoms with Gasteiger partial charge in [-0.05, 0) is 53.1 Å². The number of hydrogen-bond donors (Lipinski definition) is 2. The molecule has 32 heavy (non-hydrogen) atoms. The number of halogens is 3. The maximum absolute atomic E-state index is 13.5. The van der Waals surface area contributed by atoms with Crippen LogP contribution in [-0.4, -0.2) is 24.9 Å². The minimum Gasteiger partial charge on any atom is -0.467 e. The zero-order valence-electron chi connectivity index (χ0n) is 16.7. The van der Waals surface area contributed by atoms with Gasteiger partial charge in [0.15, 0.2) is 23.5 Å². The Hall–Kier alpha value is -4.14. The van der Waals surface area contributed by atoms with Crippen molar-refractivity contribution in [3.63, 3.8) is 0 Å². The van der Waals surface area contributed by atoms with Crippen LogP contribution < -0.4 is 11.1 Å². The largest absolute Gasteiger partial charge is 0.467 e. The number of nitrogens with one attached hydrogen (secondary N) is 1. The molecule has 0 aromatic heterocycles. The van der Waals surface area contributed by atoms with Gasteiger partial charge < -0.3 is 15.8 Å². The summed E-state index contributed by atoms with van der Waals surface area (Å²) in [4.78, 5) is 36.0. The molecule has 0 bridgehead atoms. The normalized spacial score (nSPS) is 11.5. The van der Waals surface area contributed by atoms with E-state index in [1.54, 1.807) is 0 Å². The van der Waals surface area contributed by atoms with Crippen LogP contribution in [0.15, 0.2) is 60.7 Å². The summed E-state index contributed by atoms with van der Waals surface area (Å²) in [6.45, 7) is 0. The Morgan fingerprint density at radius 3 is 1.88 bits per heavy atom. The number of methoxy groups -OCH3 is 1. The van der Waals surface area contributed by atoms with Gasteiger partial charge in [0.25, 0.3) is 5.91 Å². The average molecular weight is 442 g/mol. The van der Waals surface area contributed by atoms with E-state index in [1.807, 2.05) is 0 Å². The van der Waals surface area contributed by atoms with Crippen LogP contribution in [0.25, 0.3) is 11.1 Å². The van der Waals surface area contributed by atoms with Gasteiger partial charge in [-0.15, -0.1) is 0 Å². The monoisotopic (exact) mass is 442 g/mol. The van der Waals surface area contributed by atoms with Crippen molar-refractivity contribution < 1.29 is 32.3 Å². The summed E-state index contributed by atoms with van der Waals surface area (Å²) < 4.78 is 45.0. The van der Waals surface area contributed by atoms with E-state index in [0.717, 1.165) is 19.2 Å². The molecule has 1 atom stereocenters. The highest BCUT2D eigenvalue weighted by molar-refractivity contribution is 5.99. The molecule has 0 aliphatic rings. The molecule has 3 aromatic rings. The molecular weight excluding hydrogens is 425 g/mol. The Labute approximate surface area is 180 Å². The fraction of sp³-hybridized carbons (Fsp3) is 0.0870. The van der Waals surface area contributed by atoms with Gasteiger partial charge in [-0.2, -0.15) is 0 Å². The molecule has 0 fully saturated rings. The van der Waals surface area contributed by atoms with Gasteiger partial charge in [0, 0.05) is 11.1 Å². The summed E-state index contributed by atoms with van der Waals surface area (Å²) in [6.07, 6.45) is 0. The van der Waals surface area contributed by atoms with Gasteiger partial charge in [-0.3, -0.25) is 9.59 Å². The van der Waals surface area contributed by atoms with Crippen LogP contribution >= 0.6 is 0 Å². The standard InChI is InChI=1S/C23H17F3N2O4/c1-32-23(31)20(28-22(30)15-8-6-14(7-9-15)21(27)29)13-4-2-12(3-5-13)16-10-17(24)19(26)18(25)11-16/h2-11,20H,1H3,(H2,27,29)(H,28,30). The minimum absolute atomic E-state index is 0.0983. The summed E-state index contributed by atoms with van der Waals surface area (Å²) in [5.41, 5.74) is 6.37. The van der Waals surface area contributed by atoms with Crippen molar-refractivity contribution in [2.24, 2.45) is 5.73 Å². The molecule has 0 radical (unpaired) electrons. The molecule has 3 N–H and O–H groups in total. The Bertz CT molecular complexity index is 1160. The first kappa shape index (κ1) is 22.5. The third-order valence-electron chi connectivity index (χ3n) is 4.71. The maximum Gasteiger partial charge on any atom is 0.333 e. The lowest BCUT2D eigenvalue weighted by molar-refractivity contribution is -0.143. The van der Waals surface area contributed by atoms with Crippen molar-refractivity contribution in [2.75, 3.05) is 7.11 Å². The van der Waals surface area contributed by atoms with Gasteiger partial charge in [-0.1, -0.05) is 24.3 Å². The predicted molar refractivity (Wildman–Crippen MR) is 109 cm³/mol. The molecule has 0 spiro atoms. The molecule has 0 saturated heterocycles. The van der Waals surface area contributed by atoms with Crippen LogP contribution in [0.3, 0.4) is 0 Å². The Kier molecular flexibility index (Phi) is 6.58. The van der Waals surface area contributed by atoms with Crippen molar-refractivity contribution in [3.05, 3.63) is 94.8 Å². The van der Waals surface area contributed by atoms with Gasteiger partial charge in [0.2, 0.25) is 5.91 Å². The SMILES string of the molecule is COC(=O)C(NC(=O)c1ccc(C(N)=O)cc1)c1ccc(-c2cc(F)c(F)c(F)c2)cc1. The Morgan fingerprint density at radius 2 is 1.38 bits per heavy atom. The second kappa shape index (κ2) is 9.34. The fourth-order valence-electron chi connectivity index (χ4n) is 2.99. The molecule has 9 heteroatoms. The second-order valence-electron chi connectivity index (χ2n) is 6.75. The fourth-order valence-corrected chi connectivity index (χ4v) is 2.99. The Morgan fingerprint density at radius 1 is 0.844 bits per heavy atom. The number of carbonyl (C=O) groups excluding carboxylic acids is 3. The Balaban J connectivity index is 1.85. The smallest absolute Gasteiger partial charge is 0.333 e. The number of primary amides is 1. The molecule has 3 aromatic carbocycles. The van der Waals surface area contributed by atoms with E-state index in [-0.39, 0.29) is 16.7 Å². The summed E-state index contributed by atoms with van der Waals surface area (Å²) in [7, 11) is 1.15. The van der Waals surface area contributed by atoms with E-state index in [2.05, 4.69) is 5.32 Å². The molecule has 3 rings (SSSR count). The van der Waals surface area contributed by atoms with E-state index in [0.29, 0.717) is 11.1 Å². The van der Waals surface area contributed by atoms with E-state index >= 15 is 0 Å².